The molecular weight excluding hydrogens is 268 g/mol. The summed E-state index contributed by atoms with van der Waals surface area (Å²) in [5.41, 5.74) is -0.478. The van der Waals surface area contributed by atoms with Crippen molar-refractivity contribution >= 4 is 16.0 Å². The summed E-state index contributed by atoms with van der Waals surface area (Å²) in [4.78, 5) is 11.4. The van der Waals surface area contributed by atoms with Crippen molar-refractivity contribution in [1.82, 2.24) is 9.62 Å². The average molecular weight is 294 g/mol. The summed E-state index contributed by atoms with van der Waals surface area (Å²) in [6.45, 7) is 8.88. The largest absolute Gasteiger partial charge is 0.459 e. The maximum Gasteiger partial charge on any atom is 0.320 e. The highest BCUT2D eigenvalue weighted by Crippen LogP contribution is 2.06. The van der Waals surface area contributed by atoms with E-state index in [2.05, 4.69) is 5.32 Å². The molecule has 0 aromatic carbocycles. The lowest BCUT2D eigenvalue weighted by Crippen LogP contribution is -2.34. The predicted octanol–water partition coefficient (Wildman–Crippen LogP) is 0.589. The normalized spacial score (nSPS) is 12.7. The molecule has 7 heteroatoms. The number of nitrogens with one attached hydrogen (secondary N) is 1. The molecule has 0 aliphatic heterocycles. The van der Waals surface area contributed by atoms with Crippen LogP contribution in [0.15, 0.2) is 0 Å². The van der Waals surface area contributed by atoms with Crippen LogP contribution in [0.25, 0.3) is 0 Å². The molecule has 0 atom stereocenters. The fourth-order valence-corrected chi connectivity index (χ4v) is 2.44. The van der Waals surface area contributed by atoms with Crippen LogP contribution in [0, 0.1) is 0 Å². The van der Waals surface area contributed by atoms with Gasteiger partial charge in [-0.2, -0.15) is 0 Å². The number of nitrogens with zero attached hydrogens (tertiary/aromatic N) is 1. The molecule has 0 spiro atoms. The van der Waals surface area contributed by atoms with Crippen LogP contribution in [0.2, 0.25) is 0 Å². The third kappa shape index (κ3) is 9.86. The van der Waals surface area contributed by atoms with E-state index in [4.69, 9.17) is 4.74 Å². The fourth-order valence-electron chi connectivity index (χ4n) is 1.51. The van der Waals surface area contributed by atoms with Gasteiger partial charge in [-0.3, -0.25) is 4.79 Å². The molecule has 1 N–H and O–H groups in total. The van der Waals surface area contributed by atoms with E-state index in [1.807, 2.05) is 20.8 Å². The van der Waals surface area contributed by atoms with E-state index in [0.29, 0.717) is 26.1 Å². The van der Waals surface area contributed by atoms with E-state index in [0.717, 1.165) is 0 Å². The Hall–Kier alpha value is -0.660. The van der Waals surface area contributed by atoms with Gasteiger partial charge in [-0.15, -0.1) is 0 Å². The minimum atomic E-state index is -3.13. The van der Waals surface area contributed by atoms with Crippen LogP contribution < -0.4 is 5.32 Å². The number of carbonyl (C=O) groups is 1. The van der Waals surface area contributed by atoms with E-state index in [9.17, 15) is 13.2 Å². The maximum absolute atomic E-state index is 11.4. The van der Waals surface area contributed by atoms with Crippen molar-refractivity contribution in [3.8, 4) is 0 Å². The number of hydrogen-bond donors (Lipinski definition) is 1. The highest BCUT2D eigenvalue weighted by atomic mass is 32.2. The van der Waals surface area contributed by atoms with Gasteiger partial charge in [0, 0.05) is 13.1 Å². The van der Waals surface area contributed by atoms with Crippen molar-refractivity contribution in [1.29, 1.82) is 0 Å². The summed E-state index contributed by atoms with van der Waals surface area (Å²) in [6, 6.07) is 0. The van der Waals surface area contributed by atoms with E-state index in [-0.39, 0.29) is 12.5 Å². The van der Waals surface area contributed by atoms with Gasteiger partial charge in [-0.25, -0.2) is 12.7 Å². The smallest absolute Gasteiger partial charge is 0.320 e. The van der Waals surface area contributed by atoms with Crippen molar-refractivity contribution in [2.45, 2.75) is 39.7 Å². The van der Waals surface area contributed by atoms with Gasteiger partial charge in [0.2, 0.25) is 10.0 Å². The van der Waals surface area contributed by atoms with Crippen LogP contribution in [0.5, 0.6) is 0 Å². The Morgan fingerprint density at radius 3 is 2.32 bits per heavy atom. The predicted molar refractivity (Wildman–Crippen MR) is 75.4 cm³/mol. The van der Waals surface area contributed by atoms with Gasteiger partial charge in [-0.05, 0) is 33.7 Å². The van der Waals surface area contributed by atoms with E-state index >= 15 is 0 Å². The third-order valence-corrected chi connectivity index (χ3v) is 3.65. The van der Waals surface area contributed by atoms with Gasteiger partial charge in [0.25, 0.3) is 0 Å². The van der Waals surface area contributed by atoms with Crippen LogP contribution in [0.3, 0.4) is 0 Å². The zero-order valence-corrected chi connectivity index (χ0v) is 13.3. The molecular formula is C12H26N2O4S. The molecule has 6 nitrogen and oxygen atoms in total. The molecule has 0 amide bonds. The summed E-state index contributed by atoms with van der Waals surface area (Å²) in [5, 5.41) is 2.94. The second-order valence-corrected chi connectivity index (χ2v) is 7.35. The minimum absolute atomic E-state index is 0.141. The number of rotatable bonds is 8. The lowest BCUT2D eigenvalue weighted by molar-refractivity contribution is -0.153. The minimum Gasteiger partial charge on any atom is -0.459 e. The molecule has 114 valence electrons. The van der Waals surface area contributed by atoms with E-state index in [1.54, 1.807) is 6.92 Å². The van der Waals surface area contributed by atoms with Gasteiger partial charge >= 0.3 is 5.97 Å². The molecule has 0 bridgehead atoms. The van der Waals surface area contributed by atoms with E-state index in [1.165, 1.54) is 10.6 Å². The monoisotopic (exact) mass is 294 g/mol. The first kappa shape index (κ1) is 18.3. The topological polar surface area (TPSA) is 75.7 Å². The number of ether oxygens (including phenoxy) is 1. The van der Waals surface area contributed by atoms with Crippen molar-refractivity contribution < 1.29 is 17.9 Å². The number of sulfonamides is 1. The second kappa shape index (κ2) is 7.81. The SMILES string of the molecule is CCN(CCCNCC(=O)OC(C)(C)C)S(C)(=O)=O. The van der Waals surface area contributed by atoms with Gasteiger partial charge in [0.15, 0.2) is 0 Å². The summed E-state index contributed by atoms with van der Waals surface area (Å²) in [6.07, 6.45) is 1.86. The van der Waals surface area contributed by atoms with Crippen molar-refractivity contribution in [2.24, 2.45) is 0 Å². The van der Waals surface area contributed by atoms with Crippen molar-refractivity contribution in [3.63, 3.8) is 0 Å². The highest BCUT2D eigenvalue weighted by molar-refractivity contribution is 7.88. The molecule has 0 saturated heterocycles. The van der Waals surface area contributed by atoms with Crippen molar-refractivity contribution in [2.75, 3.05) is 32.4 Å². The second-order valence-electron chi connectivity index (χ2n) is 5.37. The van der Waals surface area contributed by atoms with Crippen LogP contribution in [0.4, 0.5) is 0 Å². The Balaban J connectivity index is 3.79. The maximum atomic E-state index is 11.4. The first-order valence-electron chi connectivity index (χ1n) is 6.44. The Morgan fingerprint density at radius 1 is 1.32 bits per heavy atom. The number of esters is 1. The molecule has 0 aliphatic rings. The lowest BCUT2D eigenvalue weighted by Gasteiger charge is -2.20. The number of hydrogen-bond acceptors (Lipinski definition) is 5. The van der Waals surface area contributed by atoms with Crippen LogP contribution in [-0.4, -0.2) is 56.7 Å². The Bertz CT molecular complexity index is 374. The molecule has 0 aromatic heterocycles. The molecule has 0 aliphatic carbocycles. The molecule has 0 unspecified atom stereocenters. The molecule has 0 heterocycles. The standard InChI is InChI=1S/C12H26N2O4S/c1-6-14(19(5,16)17)9-7-8-13-10-11(15)18-12(2,3)4/h13H,6-10H2,1-5H3. The first-order valence-corrected chi connectivity index (χ1v) is 8.29. The van der Waals surface area contributed by atoms with E-state index < -0.39 is 15.6 Å². The highest BCUT2D eigenvalue weighted by Gasteiger charge is 2.16. The van der Waals surface area contributed by atoms with Crippen LogP contribution in [-0.2, 0) is 19.6 Å². The zero-order valence-electron chi connectivity index (χ0n) is 12.5. The summed E-state index contributed by atoms with van der Waals surface area (Å²) >= 11 is 0. The Labute approximate surface area is 116 Å². The van der Waals surface area contributed by atoms with Crippen LogP contribution in [0.1, 0.15) is 34.1 Å². The van der Waals surface area contributed by atoms with Crippen molar-refractivity contribution in [3.05, 3.63) is 0 Å². The summed E-state index contributed by atoms with van der Waals surface area (Å²) in [5.74, 6) is -0.303. The Morgan fingerprint density at radius 2 is 1.89 bits per heavy atom. The molecule has 0 rings (SSSR count). The van der Waals surface area contributed by atoms with Gasteiger partial charge < -0.3 is 10.1 Å². The molecule has 0 saturated carbocycles. The third-order valence-electron chi connectivity index (χ3n) is 2.27. The van der Waals surface area contributed by atoms with Crippen LogP contribution >= 0.6 is 0 Å². The summed E-state index contributed by atoms with van der Waals surface area (Å²) in [7, 11) is -3.13. The first-order chi connectivity index (χ1) is 8.56. The molecule has 0 fully saturated rings. The molecule has 0 aromatic rings. The quantitative estimate of drug-likeness (QED) is 0.524. The Kier molecular flexibility index (Phi) is 7.54. The lowest BCUT2D eigenvalue weighted by atomic mass is 10.2. The van der Waals surface area contributed by atoms with Gasteiger partial charge in [-0.1, -0.05) is 6.92 Å². The zero-order chi connectivity index (χ0) is 15.1. The van der Waals surface area contributed by atoms with Gasteiger partial charge in [0.05, 0.1) is 12.8 Å². The summed E-state index contributed by atoms with van der Waals surface area (Å²) < 4.78 is 29.2. The molecule has 19 heavy (non-hydrogen) atoms. The molecule has 0 radical (unpaired) electrons. The number of carbonyl (C=O) groups excluding carboxylic acids is 1. The van der Waals surface area contributed by atoms with Gasteiger partial charge in [0.1, 0.15) is 5.60 Å². The average Bonchev–Trinajstić information content (AvgIpc) is 2.18. The fraction of sp³-hybridized carbons (Fsp3) is 0.917.